The van der Waals surface area contributed by atoms with Crippen LogP contribution in [-0.4, -0.2) is 30.0 Å². The van der Waals surface area contributed by atoms with Gasteiger partial charge in [-0.2, -0.15) is 0 Å². The van der Waals surface area contributed by atoms with Gasteiger partial charge in [0, 0.05) is 18.3 Å². The van der Waals surface area contributed by atoms with Gasteiger partial charge in [-0.3, -0.25) is 9.59 Å². The number of amides is 1. The van der Waals surface area contributed by atoms with Crippen molar-refractivity contribution in [3.05, 3.63) is 28.6 Å². The Hall–Kier alpha value is -1.73. The van der Waals surface area contributed by atoms with E-state index < -0.39 is 0 Å². The Morgan fingerprint density at radius 1 is 1.38 bits per heavy atom. The Kier molecular flexibility index (Phi) is 5.89. The number of rotatable bonds is 7. The fraction of sp³-hybridized carbons (Fsp3) is 0.357. The van der Waals surface area contributed by atoms with Gasteiger partial charge in [-0.15, -0.1) is 22.7 Å². The topological polar surface area (TPSA) is 68.3 Å². The van der Waals surface area contributed by atoms with Crippen molar-refractivity contribution in [3.8, 4) is 9.88 Å². The molecule has 21 heavy (non-hydrogen) atoms. The second-order valence-electron chi connectivity index (χ2n) is 4.18. The quantitative estimate of drug-likeness (QED) is 0.628. The van der Waals surface area contributed by atoms with E-state index in [1.54, 1.807) is 23.6 Å². The third-order valence-corrected chi connectivity index (χ3v) is 4.50. The molecule has 2 rings (SSSR count). The monoisotopic (exact) mass is 324 g/mol. The van der Waals surface area contributed by atoms with Crippen molar-refractivity contribution in [1.29, 1.82) is 0 Å². The molecule has 0 aromatic carbocycles. The number of nitrogens with one attached hydrogen (secondary N) is 1. The predicted molar refractivity (Wildman–Crippen MR) is 83.6 cm³/mol. The summed E-state index contributed by atoms with van der Waals surface area (Å²) in [7, 11) is 0. The van der Waals surface area contributed by atoms with E-state index in [4.69, 9.17) is 4.74 Å². The molecule has 0 aliphatic carbocycles. The minimum absolute atomic E-state index is 0.210. The van der Waals surface area contributed by atoms with Gasteiger partial charge in [0.1, 0.15) is 10.7 Å². The van der Waals surface area contributed by atoms with Crippen LogP contribution in [0.2, 0.25) is 0 Å². The first-order valence-electron chi connectivity index (χ1n) is 6.64. The van der Waals surface area contributed by atoms with Gasteiger partial charge in [-0.1, -0.05) is 6.07 Å². The molecule has 112 valence electrons. The van der Waals surface area contributed by atoms with Crippen LogP contribution in [0.3, 0.4) is 0 Å². The van der Waals surface area contributed by atoms with Crippen LogP contribution in [-0.2, 0) is 9.53 Å². The Morgan fingerprint density at radius 3 is 2.95 bits per heavy atom. The van der Waals surface area contributed by atoms with Crippen LogP contribution in [0.15, 0.2) is 22.9 Å². The zero-order valence-corrected chi connectivity index (χ0v) is 13.3. The van der Waals surface area contributed by atoms with Gasteiger partial charge in [0.2, 0.25) is 0 Å². The first kappa shape index (κ1) is 15.7. The zero-order valence-electron chi connectivity index (χ0n) is 11.6. The number of thiophene rings is 1. The highest BCUT2D eigenvalue weighted by molar-refractivity contribution is 7.20. The predicted octanol–water partition coefficient (Wildman–Crippen LogP) is 2.94. The minimum Gasteiger partial charge on any atom is -0.466 e. The Labute approximate surface area is 131 Å². The minimum atomic E-state index is -0.236. The summed E-state index contributed by atoms with van der Waals surface area (Å²) in [5.41, 5.74) is 0.416. The van der Waals surface area contributed by atoms with Gasteiger partial charge in [-0.05, 0) is 24.8 Å². The van der Waals surface area contributed by atoms with E-state index in [2.05, 4.69) is 10.3 Å². The van der Waals surface area contributed by atoms with E-state index in [-0.39, 0.29) is 11.9 Å². The number of carbonyl (C=O) groups excluding carboxylic acids is 2. The number of nitrogens with zero attached hydrogens (tertiary/aromatic N) is 1. The highest BCUT2D eigenvalue weighted by Gasteiger charge is 2.12. The lowest BCUT2D eigenvalue weighted by Crippen LogP contribution is -2.25. The molecule has 0 radical (unpaired) electrons. The summed E-state index contributed by atoms with van der Waals surface area (Å²) in [6, 6.07) is 3.93. The Morgan fingerprint density at radius 2 is 2.24 bits per heavy atom. The molecule has 0 aliphatic heterocycles. The summed E-state index contributed by atoms with van der Waals surface area (Å²) in [5, 5.41) is 7.33. The van der Waals surface area contributed by atoms with E-state index in [9.17, 15) is 9.59 Å². The molecule has 2 heterocycles. The number of ether oxygens (including phenoxy) is 1. The summed E-state index contributed by atoms with van der Waals surface area (Å²) in [6.07, 6.45) is 0.873. The zero-order chi connectivity index (χ0) is 15.1. The van der Waals surface area contributed by atoms with Crippen molar-refractivity contribution in [1.82, 2.24) is 10.3 Å². The van der Waals surface area contributed by atoms with Gasteiger partial charge in [0.05, 0.1) is 11.5 Å². The Bertz CT molecular complexity index is 593. The lowest BCUT2D eigenvalue weighted by Gasteiger charge is -2.03. The number of hydrogen-bond acceptors (Lipinski definition) is 6. The second-order valence-corrected chi connectivity index (χ2v) is 5.99. The molecule has 0 saturated carbocycles. The van der Waals surface area contributed by atoms with Crippen LogP contribution in [0.1, 0.15) is 30.3 Å². The highest BCUT2D eigenvalue weighted by Crippen LogP contribution is 2.27. The summed E-state index contributed by atoms with van der Waals surface area (Å²) in [5.74, 6) is -0.446. The third kappa shape index (κ3) is 4.64. The maximum Gasteiger partial charge on any atom is 0.305 e. The number of aromatic nitrogens is 1. The van der Waals surface area contributed by atoms with Crippen LogP contribution < -0.4 is 5.32 Å². The SMILES string of the molecule is CCOC(=O)CCCNC(=O)c1csc(-c2cccs2)n1. The molecule has 0 unspecified atom stereocenters. The van der Waals surface area contributed by atoms with Crippen molar-refractivity contribution >= 4 is 34.6 Å². The van der Waals surface area contributed by atoms with Gasteiger partial charge in [0.15, 0.2) is 0 Å². The molecular formula is C14H16N2O3S2. The first-order valence-corrected chi connectivity index (χ1v) is 8.40. The second kappa shape index (κ2) is 7.90. The number of hydrogen-bond donors (Lipinski definition) is 1. The largest absolute Gasteiger partial charge is 0.466 e. The van der Waals surface area contributed by atoms with Crippen LogP contribution >= 0.6 is 22.7 Å². The highest BCUT2D eigenvalue weighted by atomic mass is 32.1. The molecular weight excluding hydrogens is 308 g/mol. The van der Waals surface area contributed by atoms with E-state index in [0.717, 1.165) is 9.88 Å². The van der Waals surface area contributed by atoms with Crippen LogP contribution in [0, 0.1) is 0 Å². The molecule has 0 atom stereocenters. The molecule has 1 amide bonds. The molecule has 2 aromatic rings. The third-order valence-electron chi connectivity index (χ3n) is 2.62. The Balaban J connectivity index is 1.78. The summed E-state index contributed by atoms with van der Waals surface area (Å²) in [4.78, 5) is 28.4. The molecule has 2 aromatic heterocycles. The molecule has 7 heteroatoms. The smallest absolute Gasteiger partial charge is 0.305 e. The number of esters is 1. The van der Waals surface area contributed by atoms with Crippen molar-refractivity contribution < 1.29 is 14.3 Å². The van der Waals surface area contributed by atoms with Gasteiger partial charge >= 0.3 is 5.97 Å². The molecule has 0 spiro atoms. The molecule has 0 bridgehead atoms. The lowest BCUT2D eigenvalue weighted by molar-refractivity contribution is -0.143. The molecule has 5 nitrogen and oxygen atoms in total. The average molecular weight is 324 g/mol. The van der Waals surface area contributed by atoms with Gasteiger partial charge in [-0.25, -0.2) is 4.98 Å². The standard InChI is InChI=1S/C14H16N2O3S2/c1-2-19-12(17)6-3-7-15-13(18)10-9-21-14(16-10)11-5-4-8-20-11/h4-5,8-9H,2-3,6-7H2,1H3,(H,15,18). The van der Waals surface area contributed by atoms with Crippen molar-refractivity contribution in [2.45, 2.75) is 19.8 Å². The number of thiazole rings is 1. The van der Waals surface area contributed by atoms with E-state index >= 15 is 0 Å². The van der Waals surface area contributed by atoms with Gasteiger partial charge in [0.25, 0.3) is 5.91 Å². The average Bonchev–Trinajstić information content (AvgIpc) is 3.13. The van der Waals surface area contributed by atoms with Crippen LogP contribution in [0.4, 0.5) is 0 Å². The van der Waals surface area contributed by atoms with E-state index in [1.807, 2.05) is 17.5 Å². The van der Waals surface area contributed by atoms with E-state index in [1.165, 1.54) is 11.3 Å². The van der Waals surface area contributed by atoms with Crippen LogP contribution in [0.5, 0.6) is 0 Å². The normalized spacial score (nSPS) is 10.3. The van der Waals surface area contributed by atoms with Gasteiger partial charge < -0.3 is 10.1 Å². The van der Waals surface area contributed by atoms with Crippen molar-refractivity contribution in [3.63, 3.8) is 0 Å². The fourth-order valence-electron chi connectivity index (χ4n) is 1.65. The molecule has 0 fully saturated rings. The molecule has 0 aliphatic rings. The maximum atomic E-state index is 11.9. The molecule has 0 saturated heterocycles. The first-order chi connectivity index (χ1) is 10.2. The maximum absolute atomic E-state index is 11.9. The lowest BCUT2D eigenvalue weighted by atomic mass is 10.3. The summed E-state index contributed by atoms with van der Waals surface area (Å²) < 4.78 is 4.82. The molecule has 1 N–H and O–H groups in total. The van der Waals surface area contributed by atoms with E-state index in [0.29, 0.717) is 31.7 Å². The fourth-order valence-corrected chi connectivity index (χ4v) is 3.26. The van der Waals surface area contributed by atoms with Crippen molar-refractivity contribution in [2.75, 3.05) is 13.2 Å². The van der Waals surface area contributed by atoms with Crippen molar-refractivity contribution in [2.24, 2.45) is 0 Å². The number of carbonyl (C=O) groups is 2. The summed E-state index contributed by atoms with van der Waals surface area (Å²) >= 11 is 3.05. The van der Waals surface area contributed by atoms with Crippen LogP contribution in [0.25, 0.3) is 9.88 Å². The summed E-state index contributed by atoms with van der Waals surface area (Å²) in [6.45, 7) is 2.59.